The Labute approximate surface area is 96.0 Å². The lowest BCUT2D eigenvalue weighted by Crippen LogP contribution is -2.44. The van der Waals surface area contributed by atoms with Gasteiger partial charge in [-0.25, -0.2) is 5.48 Å². The lowest BCUT2D eigenvalue weighted by atomic mass is 9.95. The number of rotatable bonds is 2. The first-order valence-corrected chi connectivity index (χ1v) is 5.79. The maximum absolute atomic E-state index is 11.6. The van der Waals surface area contributed by atoms with Gasteiger partial charge in [0.15, 0.2) is 0 Å². The predicted octanol–water partition coefficient (Wildman–Crippen LogP) is 0.511. The Bertz CT molecular complexity index is 280. The Morgan fingerprint density at radius 2 is 2.31 bits per heavy atom. The summed E-state index contributed by atoms with van der Waals surface area (Å²) in [7, 11) is 2.05. The molecule has 2 rings (SSSR count). The van der Waals surface area contributed by atoms with E-state index < -0.39 is 0 Å². The molecule has 0 bridgehead atoms. The summed E-state index contributed by atoms with van der Waals surface area (Å²) in [5.41, 5.74) is 2.23. The number of amides is 1. The molecule has 0 saturated carbocycles. The number of nitrogens with zero attached hydrogens (tertiary/aromatic N) is 1. The summed E-state index contributed by atoms with van der Waals surface area (Å²) in [5.74, 6) is 0.0584. The Kier molecular flexibility index (Phi) is 3.19. The minimum atomic E-state index is -0.216. The van der Waals surface area contributed by atoms with Gasteiger partial charge in [0.2, 0.25) is 5.91 Å². The van der Waals surface area contributed by atoms with E-state index in [1.807, 2.05) is 0 Å². The van der Waals surface area contributed by atoms with Crippen LogP contribution >= 0.6 is 0 Å². The normalized spacial score (nSPS) is 35.1. The van der Waals surface area contributed by atoms with E-state index >= 15 is 0 Å². The Morgan fingerprint density at radius 1 is 1.56 bits per heavy atom. The molecule has 5 nitrogen and oxygen atoms in total. The van der Waals surface area contributed by atoms with Crippen molar-refractivity contribution in [3.8, 4) is 0 Å². The third-order valence-corrected chi connectivity index (χ3v) is 3.69. The topological polar surface area (TPSA) is 50.8 Å². The van der Waals surface area contributed by atoms with Crippen molar-refractivity contribution < 1.29 is 14.4 Å². The minimum Gasteiger partial charge on any atom is -0.359 e. The molecule has 0 aromatic heterocycles. The van der Waals surface area contributed by atoms with Gasteiger partial charge in [-0.15, -0.1) is 0 Å². The molecule has 2 saturated heterocycles. The lowest BCUT2D eigenvalue weighted by molar-refractivity contribution is -0.146. The molecule has 0 spiro atoms. The molecule has 92 valence electrons. The van der Waals surface area contributed by atoms with Crippen molar-refractivity contribution in [3.63, 3.8) is 0 Å². The second kappa shape index (κ2) is 4.31. The van der Waals surface area contributed by atoms with Crippen molar-refractivity contribution in [1.82, 2.24) is 10.4 Å². The quantitative estimate of drug-likeness (QED) is 0.748. The summed E-state index contributed by atoms with van der Waals surface area (Å²) in [4.78, 5) is 18.7. The molecule has 0 aliphatic carbocycles. The SMILES string of the molecule is CN1C(CC2CCONC2=O)COC1(C)C. The number of likely N-dealkylation sites (N-methyl/N-ethyl adjacent to an activating group) is 1. The zero-order valence-electron chi connectivity index (χ0n) is 10.2. The molecular weight excluding hydrogens is 208 g/mol. The zero-order valence-corrected chi connectivity index (χ0v) is 10.2. The first-order chi connectivity index (χ1) is 7.50. The average Bonchev–Trinajstić information content (AvgIpc) is 2.49. The molecule has 2 fully saturated rings. The van der Waals surface area contributed by atoms with E-state index in [1.54, 1.807) is 0 Å². The van der Waals surface area contributed by atoms with E-state index in [-0.39, 0.29) is 17.6 Å². The fraction of sp³-hybridized carbons (Fsp3) is 0.909. The molecule has 5 heteroatoms. The number of ether oxygens (including phenoxy) is 1. The molecule has 2 aliphatic rings. The van der Waals surface area contributed by atoms with E-state index in [0.29, 0.717) is 19.3 Å². The largest absolute Gasteiger partial charge is 0.359 e. The van der Waals surface area contributed by atoms with Crippen molar-refractivity contribution in [2.24, 2.45) is 5.92 Å². The van der Waals surface area contributed by atoms with Crippen LogP contribution in [0.1, 0.15) is 26.7 Å². The second-order valence-corrected chi connectivity index (χ2v) is 5.06. The predicted molar refractivity (Wildman–Crippen MR) is 58.4 cm³/mol. The molecule has 0 aromatic rings. The standard InChI is InChI=1S/C11H20N2O3/c1-11(2)13(3)9(7-15-11)6-8-4-5-16-12-10(8)14/h8-9H,4-7H2,1-3H3,(H,12,14). The average molecular weight is 228 g/mol. The third-order valence-electron chi connectivity index (χ3n) is 3.69. The number of hydroxylamine groups is 1. The molecule has 1 N–H and O–H groups in total. The summed E-state index contributed by atoms with van der Waals surface area (Å²) in [6.45, 7) is 5.42. The van der Waals surface area contributed by atoms with E-state index in [1.165, 1.54) is 0 Å². The number of hydrogen-bond acceptors (Lipinski definition) is 4. The van der Waals surface area contributed by atoms with Gasteiger partial charge in [0, 0.05) is 12.0 Å². The van der Waals surface area contributed by atoms with Crippen molar-refractivity contribution in [2.45, 2.75) is 38.5 Å². The van der Waals surface area contributed by atoms with E-state index in [0.717, 1.165) is 12.8 Å². The maximum Gasteiger partial charge on any atom is 0.246 e. The Morgan fingerprint density at radius 3 is 2.88 bits per heavy atom. The van der Waals surface area contributed by atoms with Crippen LogP contribution in [0.2, 0.25) is 0 Å². The van der Waals surface area contributed by atoms with Crippen LogP contribution in [0.5, 0.6) is 0 Å². The highest BCUT2D eigenvalue weighted by Crippen LogP contribution is 2.29. The van der Waals surface area contributed by atoms with Crippen LogP contribution in [0.4, 0.5) is 0 Å². The third kappa shape index (κ3) is 2.21. The van der Waals surface area contributed by atoms with Crippen LogP contribution in [0.25, 0.3) is 0 Å². The zero-order chi connectivity index (χ0) is 11.8. The number of carbonyl (C=O) groups excluding carboxylic acids is 1. The summed E-state index contributed by atoms with van der Waals surface area (Å²) >= 11 is 0. The highest BCUT2D eigenvalue weighted by molar-refractivity contribution is 5.78. The highest BCUT2D eigenvalue weighted by atomic mass is 16.7. The molecule has 2 atom stereocenters. The molecule has 0 radical (unpaired) electrons. The smallest absolute Gasteiger partial charge is 0.246 e. The highest BCUT2D eigenvalue weighted by Gasteiger charge is 2.39. The molecular formula is C11H20N2O3. The van der Waals surface area contributed by atoms with Gasteiger partial charge in [-0.2, -0.15) is 0 Å². The van der Waals surface area contributed by atoms with Gasteiger partial charge in [-0.3, -0.25) is 14.5 Å². The number of carbonyl (C=O) groups is 1. The van der Waals surface area contributed by atoms with E-state index in [2.05, 4.69) is 31.3 Å². The second-order valence-electron chi connectivity index (χ2n) is 5.06. The van der Waals surface area contributed by atoms with E-state index in [4.69, 9.17) is 9.57 Å². The van der Waals surface area contributed by atoms with E-state index in [9.17, 15) is 4.79 Å². The van der Waals surface area contributed by atoms with Crippen LogP contribution < -0.4 is 5.48 Å². The summed E-state index contributed by atoms with van der Waals surface area (Å²) in [5, 5.41) is 0. The first-order valence-electron chi connectivity index (χ1n) is 5.79. The van der Waals surface area contributed by atoms with Gasteiger partial charge in [0.25, 0.3) is 0 Å². The molecule has 2 heterocycles. The minimum absolute atomic E-state index is 0.00403. The van der Waals surface area contributed by atoms with Gasteiger partial charge < -0.3 is 4.74 Å². The van der Waals surface area contributed by atoms with Crippen LogP contribution in [0.15, 0.2) is 0 Å². The lowest BCUT2D eigenvalue weighted by Gasteiger charge is -2.31. The van der Waals surface area contributed by atoms with Crippen molar-refractivity contribution in [2.75, 3.05) is 20.3 Å². The maximum atomic E-state index is 11.6. The number of nitrogens with one attached hydrogen (secondary N) is 1. The summed E-state index contributed by atoms with van der Waals surface area (Å²) in [6, 6.07) is 0.323. The van der Waals surface area contributed by atoms with Gasteiger partial charge in [0.05, 0.1) is 13.2 Å². The van der Waals surface area contributed by atoms with Crippen LogP contribution in [0.3, 0.4) is 0 Å². The van der Waals surface area contributed by atoms with Crippen LogP contribution in [0, 0.1) is 5.92 Å². The molecule has 0 aromatic carbocycles. The Hall–Kier alpha value is -0.650. The summed E-state index contributed by atoms with van der Waals surface area (Å²) in [6.07, 6.45) is 1.64. The monoisotopic (exact) mass is 228 g/mol. The number of hydrogen-bond donors (Lipinski definition) is 1. The fourth-order valence-electron chi connectivity index (χ4n) is 2.27. The fourth-order valence-corrected chi connectivity index (χ4v) is 2.27. The van der Waals surface area contributed by atoms with Gasteiger partial charge in [-0.05, 0) is 33.7 Å². The Balaban J connectivity index is 1.92. The molecule has 2 aliphatic heterocycles. The van der Waals surface area contributed by atoms with Crippen molar-refractivity contribution >= 4 is 5.91 Å². The van der Waals surface area contributed by atoms with Gasteiger partial charge in [0.1, 0.15) is 5.72 Å². The summed E-state index contributed by atoms with van der Waals surface area (Å²) < 4.78 is 5.70. The van der Waals surface area contributed by atoms with Crippen LogP contribution in [-0.4, -0.2) is 42.8 Å². The van der Waals surface area contributed by atoms with Gasteiger partial charge in [-0.1, -0.05) is 0 Å². The first kappa shape index (κ1) is 11.8. The molecule has 2 unspecified atom stereocenters. The van der Waals surface area contributed by atoms with Crippen molar-refractivity contribution in [1.29, 1.82) is 0 Å². The van der Waals surface area contributed by atoms with Gasteiger partial charge >= 0.3 is 0 Å². The molecule has 1 amide bonds. The molecule has 16 heavy (non-hydrogen) atoms. The van der Waals surface area contributed by atoms with Crippen LogP contribution in [-0.2, 0) is 14.4 Å². The van der Waals surface area contributed by atoms with Crippen molar-refractivity contribution in [3.05, 3.63) is 0 Å².